The van der Waals surface area contributed by atoms with Crippen LogP contribution in [0.1, 0.15) is 17.2 Å². The van der Waals surface area contributed by atoms with Crippen LogP contribution in [0.15, 0.2) is 30.5 Å². The van der Waals surface area contributed by atoms with Gasteiger partial charge in [0.05, 0.1) is 26.4 Å². The molecule has 1 fully saturated rings. The van der Waals surface area contributed by atoms with Crippen LogP contribution in [0.25, 0.3) is 10.9 Å². The zero-order valence-electron chi connectivity index (χ0n) is 14.7. The van der Waals surface area contributed by atoms with Crippen LogP contribution in [0, 0.1) is 0 Å². The second kappa shape index (κ2) is 6.83. The summed E-state index contributed by atoms with van der Waals surface area (Å²) in [4.78, 5) is 5.86. The third kappa shape index (κ3) is 2.92. The smallest absolute Gasteiger partial charge is 0.159 e. The SMILES string of the molecule is c1ccc2c(CC3COCCN3Cc3nnc4n3CCOC4)c[nH]c2c1. The number of morpholine rings is 1. The van der Waals surface area contributed by atoms with Crippen molar-refractivity contribution in [2.75, 3.05) is 26.4 Å². The molecule has 5 rings (SSSR count). The van der Waals surface area contributed by atoms with Gasteiger partial charge in [-0.25, -0.2) is 0 Å². The van der Waals surface area contributed by atoms with Gasteiger partial charge in [-0.15, -0.1) is 10.2 Å². The van der Waals surface area contributed by atoms with E-state index in [2.05, 4.69) is 55.1 Å². The van der Waals surface area contributed by atoms with Crippen LogP contribution in [0.2, 0.25) is 0 Å². The molecule has 3 aromatic rings. The lowest BCUT2D eigenvalue weighted by atomic mass is 10.0. The van der Waals surface area contributed by atoms with Crippen LogP contribution in [0.4, 0.5) is 0 Å². The van der Waals surface area contributed by atoms with Crippen molar-refractivity contribution in [2.24, 2.45) is 0 Å². The first kappa shape index (κ1) is 16.0. The number of ether oxygens (including phenoxy) is 2. The van der Waals surface area contributed by atoms with Crippen LogP contribution in [-0.4, -0.2) is 57.1 Å². The molecule has 0 saturated carbocycles. The minimum atomic E-state index is 0.343. The number of fused-ring (bicyclic) bond motifs is 2. The zero-order chi connectivity index (χ0) is 17.3. The first-order chi connectivity index (χ1) is 12.9. The Morgan fingerprint density at radius 2 is 2.04 bits per heavy atom. The fourth-order valence-electron chi connectivity index (χ4n) is 3.99. The van der Waals surface area contributed by atoms with E-state index in [1.165, 1.54) is 16.5 Å². The molecule has 2 aliphatic heterocycles. The molecule has 26 heavy (non-hydrogen) atoms. The summed E-state index contributed by atoms with van der Waals surface area (Å²) in [6.07, 6.45) is 3.10. The van der Waals surface area contributed by atoms with Gasteiger partial charge in [-0.05, 0) is 18.1 Å². The van der Waals surface area contributed by atoms with E-state index in [0.29, 0.717) is 12.6 Å². The van der Waals surface area contributed by atoms with Crippen LogP contribution in [0.5, 0.6) is 0 Å². The third-order valence-electron chi connectivity index (χ3n) is 5.42. The molecule has 0 radical (unpaired) electrons. The van der Waals surface area contributed by atoms with Crippen molar-refractivity contribution >= 4 is 10.9 Å². The van der Waals surface area contributed by atoms with E-state index in [0.717, 1.165) is 57.5 Å². The van der Waals surface area contributed by atoms with Crippen molar-refractivity contribution in [3.8, 4) is 0 Å². The molecule has 1 aromatic carbocycles. The summed E-state index contributed by atoms with van der Waals surface area (Å²) >= 11 is 0. The van der Waals surface area contributed by atoms with Crippen LogP contribution >= 0.6 is 0 Å². The normalized spacial score (nSPS) is 21.2. The topological polar surface area (TPSA) is 68.2 Å². The molecule has 1 atom stereocenters. The lowest BCUT2D eigenvalue weighted by molar-refractivity contribution is -0.0133. The highest BCUT2D eigenvalue weighted by molar-refractivity contribution is 5.83. The average Bonchev–Trinajstić information content (AvgIpc) is 3.28. The number of nitrogens with zero attached hydrogens (tertiary/aromatic N) is 4. The Morgan fingerprint density at radius 3 is 3.04 bits per heavy atom. The minimum absolute atomic E-state index is 0.343. The molecule has 0 spiro atoms. The number of nitrogens with one attached hydrogen (secondary N) is 1. The predicted octanol–water partition coefficient (Wildman–Crippen LogP) is 1.73. The minimum Gasteiger partial charge on any atom is -0.378 e. The molecule has 1 saturated heterocycles. The lowest BCUT2D eigenvalue weighted by Crippen LogP contribution is -2.46. The maximum Gasteiger partial charge on any atom is 0.159 e. The zero-order valence-corrected chi connectivity index (χ0v) is 14.7. The Morgan fingerprint density at radius 1 is 1.12 bits per heavy atom. The van der Waals surface area contributed by atoms with E-state index >= 15 is 0 Å². The number of aromatic amines is 1. The van der Waals surface area contributed by atoms with Gasteiger partial charge in [-0.1, -0.05) is 18.2 Å². The van der Waals surface area contributed by atoms with Crippen LogP contribution < -0.4 is 0 Å². The average molecular weight is 353 g/mol. The summed E-state index contributed by atoms with van der Waals surface area (Å²) in [5, 5.41) is 10.0. The number of benzene rings is 1. The van der Waals surface area contributed by atoms with Crippen molar-refractivity contribution in [3.63, 3.8) is 0 Å². The fourth-order valence-corrected chi connectivity index (χ4v) is 3.99. The first-order valence-corrected chi connectivity index (χ1v) is 9.24. The van der Waals surface area contributed by atoms with Gasteiger partial charge in [-0.2, -0.15) is 0 Å². The monoisotopic (exact) mass is 353 g/mol. The Bertz CT molecular complexity index is 902. The Labute approximate surface area is 151 Å². The molecule has 4 heterocycles. The van der Waals surface area contributed by atoms with E-state index in [9.17, 15) is 0 Å². The molecule has 0 bridgehead atoms. The van der Waals surface area contributed by atoms with Crippen LogP contribution in [-0.2, 0) is 35.6 Å². The molecule has 1 unspecified atom stereocenters. The molecule has 2 aromatic heterocycles. The van der Waals surface area contributed by atoms with Gasteiger partial charge in [0.25, 0.3) is 0 Å². The molecular formula is C19H23N5O2. The summed E-state index contributed by atoms with van der Waals surface area (Å²) in [6.45, 7) is 5.40. The van der Waals surface area contributed by atoms with Crippen molar-refractivity contribution in [1.29, 1.82) is 0 Å². The maximum atomic E-state index is 5.79. The van der Waals surface area contributed by atoms with E-state index < -0.39 is 0 Å². The molecule has 0 aliphatic carbocycles. The van der Waals surface area contributed by atoms with Gasteiger partial charge in [0, 0.05) is 36.2 Å². The molecule has 136 valence electrons. The van der Waals surface area contributed by atoms with Crippen molar-refractivity contribution in [1.82, 2.24) is 24.6 Å². The van der Waals surface area contributed by atoms with E-state index in [4.69, 9.17) is 9.47 Å². The second-order valence-corrected chi connectivity index (χ2v) is 7.00. The Hall–Kier alpha value is -2.22. The molecule has 7 heteroatoms. The number of H-pyrrole nitrogens is 1. The fraction of sp³-hybridized carbons (Fsp3) is 0.474. The molecule has 7 nitrogen and oxygen atoms in total. The number of hydrogen-bond donors (Lipinski definition) is 1. The highest BCUT2D eigenvalue weighted by Gasteiger charge is 2.27. The third-order valence-corrected chi connectivity index (χ3v) is 5.42. The molecule has 0 amide bonds. The summed E-state index contributed by atoms with van der Waals surface area (Å²) in [5.74, 6) is 1.97. The maximum absolute atomic E-state index is 5.79. The van der Waals surface area contributed by atoms with E-state index in [1.54, 1.807) is 0 Å². The molecular weight excluding hydrogens is 330 g/mol. The summed E-state index contributed by atoms with van der Waals surface area (Å²) in [6, 6.07) is 8.81. The summed E-state index contributed by atoms with van der Waals surface area (Å²) in [7, 11) is 0. The van der Waals surface area contributed by atoms with Gasteiger partial charge < -0.3 is 19.0 Å². The Kier molecular flexibility index (Phi) is 4.20. The Balaban J connectivity index is 1.36. The number of para-hydroxylation sites is 1. The highest BCUT2D eigenvalue weighted by Crippen LogP contribution is 2.23. The van der Waals surface area contributed by atoms with Gasteiger partial charge in [0.1, 0.15) is 12.4 Å². The standard InChI is InChI=1S/C19H23N5O2/c1-2-4-17-16(3-1)14(10-20-17)9-15-12-25-7-5-23(15)11-18-21-22-19-13-26-8-6-24(18)19/h1-4,10,15,20H,5-9,11-13H2. The number of aromatic nitrogens is 4. The summed E-state index contributed by atoms with van der Waals surface area (Å²) < 4.78 is 13.5. The number of rotatable bonds is 4. The molecule has 2 aliphatic rings. The van der Waals surface area contributed by atoms with Gasteiger partial charge >= 0.3 is 0 Å². The molecule has 1 N–H and O–H groups in total. The van der Waals surface area contributed by atoms with E-state index in [1.807, 2.05) is 0 Å². The van der Waals surface area contributed by atoms with E-state index in [-0.39, 0.29) is 0 Å². The van der Waals surface area contributed by atoms with Crippen molar-refractivity contribution in [2.45, 2.75) is 32.2 Å². The first-order valence-electron chi connectivity index (χ1n) is 9.24. The van der Waals surface area contributed by atoms with Gasteiger partial charge in [0.15, 0.2) is 5.82 Å². The van der Waals surface area contributed by atoms with Crippen molar-refractivity contribution in [3.05, 3.63) is 47.7 Å². The predicted molar refractivity (Wildman–Crippen MR) is 96.7 cm³/mol. The quantitative estimate of drug-likeness (QED) is 0.774. The summed E-state index contributed by atoms with van der Waals surface area (Å²) in [5.41, 5.74) is 2.54. The highest BCUT2D eigenvalue weighted by atomic mass is 16.5. The van der Waals surface area contributed by atoms with Crippen LogP contribution in [0.3, 0.4) is 0 Å². The largest absolute Gasteiger partial charge is 0.378 e. The second-order valence-electron chi connectivity index (χ2n) is 7.00. The number of hydrogen-bond acceptors (Lipinski definition) is 5. The van der Waals surface area contributed by atoms with Gasteiger partial charge in [0.2, 0.25) is 0 Å². The van der Waals surface area contributed by atoms with Gasteiger partial charge in [-0.3, -0.25) is 4.90 Å². The van der Waals surface area contributed by atoms with Crippen molar-refractivity contribution < 1.29 is 9.47 Å². The lowest BCUT2D eigenvalue weighted by Gasteiger charge is -2.35.